The molecule has 1 unspecified atom stereocenters. The molecule has 0 spiro atoms. The molecule has 0 bridgehead atoms. The van der Waals surface area contributed by atoms with Gasteiger partial charge >= 0.3 is 11.9 Å². The van der Waals surface area contributed by atoms with E-state index in [0.29, 0.717) is 13.2 Å². The molecule has 1 rings (SSSR count). The molecule has 0 amide bonds. The second-order valence-electron chi connectivity index (χ2n) is 6.80. The van der Waals surface area contributed by atoms with Gasteiger partial charge in [0.15, 0.2) is 0 Å². The lowest BCUT2D eigenvalue weighted by Crippen LogP contribution is -2.28. The molecule has 0 heterocycles. The first-order valence-corrected chi connectivity index (χ1v) is 9.38. The molecule has 1 atom stereocenters. The summed E-state index contributed by atoms with van der Waals surface area (Å²) < 4.78 is 10.6. The number of esters is 2. The monoisotopic (exact) mass is 348 g/mol. The summed E-state index contributed by atoms with van der Waals surface area (Å²) in [4.78, 5) is 25.0. The Bertz CT molecular complexity index is 504. The molecule has 0 saturated carbocycles. The van der Waals surface area contributed by atoms with Crippen LogP contribution in [0.1, 0.15) is 59.8 Å². The van der Waals surface area contributed by atoms with E-state index in [9.17, 15) is 9.59 Å². The molecule has 0 aliphatic heterocycles. The van der Waals surface area contributed by atoms with Crippen LogP contribution >= 0.6 is 0 Å². The molecule has 140 valence electrons. The average Bonchev–Trinajstić information content (AvgIpc) is 2.60. The molecule has 0 N–H and O–H groups in total. The minimum Gasteiger partial charge on any atom is -0.462 e. The Morgan fingerprint density at radius 2 is 1.60 bits per heavy atom. The van der Waals surface area contributed by atoms with E-state index < -0.39 is 11.9 Å². The van der Waals surface area contributed by atoms with Crippen LogP contribution in [0.15, 0.2) is 36.0 Å². The van der Waals surface area contributed by atoms with Crippen molar-refractivity contribution in [3.05, 3.63) is 36.0 Å². The van der Waals surface area contributed by atoms with E-state index in [-0.39, 0.29) is 16.9 Å². The van der Waals surface area contributed by atoms with Gasteiger partial charge in [-0.25, -0.2) is 9.59 Å². The molecule has 0 aromatic heterocycles. The number of ether oxygens (including phenoxy) is 2. The van der Waals surface area contributed by atoms with E-state index in [4.69, 9.17) is 9.47 Å². The van der Waals surface area contributed by atoms with Crippen LogP contribution in [0.5, 0.6) is 0 Å². The predicted octanol–water partition coefficient (Wildman–Crippen LogP) is 4.76. The summed E-state index contributed by atoms with van der Waals surface area (Å²) in [5.74, 6) is -0.938. The van der Waals surface area contributed by atoms with Gasteiger partial charge in [0.25, 0.3) is 0 Å². The van der Waals surface area contributed by atoms with Crippen molar-refractivity contribution < 1.29 is 19.1 Å². The number of unbranched alkanes of at least 4 members (excludes halogenated alkanes) is 2. The molecule has 1 aliphatic carbocycles. The number of carbonyl (C=O) groups is 2. The van der Waals surface area contributed by atoms with Crippen LogP contribution in [0, 0.1) is 11.3 Å². The summed E-state index contributed by atoms with van der Waals surface area (Å²) in [6.07, 6.45) is 14.0. The highest BCUT2D eigenvalue weighted by Crippen LogP contribution is 2.38. The molecule has 0 saturated heterocycles. The van der Waals surface area contributed by atoms with E-state index in [1.165, 1.54) is 0 Å². The van der Waals surface area contributed by atoms with Crippen molar-refractivity contribution in [1.82, 2.24) is 0 Å². The van der Waals surface area contributed by atoms with Gasteiger partial charge in [-0.2, -0.15) is 0 Å². The summed E-state index contributed by atoms with van der Waals surface area (Å²) in [5, 5.41) is 0. The smallest absolute Gasteiger partial charge is 0.345 e. The van der Waals surface area contributed by atoms with Gasteiger partial charge in [0.2, 0.25) is 0 Å². The molecule has 0 fully saturated rings. The van der Waals surface area contributed by atoms with Crippen molar-refractivity contribution in [3.63, 3.8) is 0 Å². The number of allylic oxidation sites excluding steroid dienone is 5. The van der Waals surface area contributed by atoms with E-state index in [1.54, 1.807) is 6.08 Å². The number of hydrogen-bond acceptors (Lipinski definition) is 4. The summed E-state index contributed by atoms with van der Waals surface area (Å²) in [6.45, 7) is 8.86. The predicted molar refractivity (Wildman–Crippen MR) is 100.0 cm³/mol. The second kappa shape index (κ2) is 10.9. The minimum atomic E-state index is -0.585. The van der Waals surface area contributed by atoms with Gasteiger partial charge in [0.1, 0.15) is 5.57 Å². The standard InChI is InChI=1S/C21H32O4/c1-5-7-14-24-19(22)18(20(23)25-15-8-6-2)16-21(17(3)4)12-10-9-11-13-21/h9-12,16-17H,5-8,13-15H2,1-4H3. The maximum Gasteiger partial charge on any atom is 0.345 e. The third kappa shape index (κ3) is 6.52. The van der Waals surface area contributed by atoms with Gasteiger partial charge in [-0.1, -0.05) is 70.9 Å². The number of rotatable bonds is 10. The summed E-state index contributed by atoms with van der Waals surface area (Å²) >= 11 is 0. The number of hydrogen-bond donors (Lipinski definition) is 0. The minimum absolute atomic E-state index is 0.0147. The average molecular weight is 348 g/mol. The van der Waals surface area contributed by atoms with Crippen LogP contribution < -0.4 is 0 Å². The third-order valence-corrected chi connectivity index (χ3v) is 4.52. The lowest BCUT2D eigenvalue weighted by molar-refractivity contribution is -0.147. The van der Waals surface area contributed by atoms with Crippen LogP contribution in [0.3, 0.4) is 0 Å². The largest absolute Gasteiger partial charge is 0.462 e. The second-order valence-corrected chi connectivity index (χ2v) is 6.80. The Morgan fingerprint density at radius 3 is 2.00 bits per heavy atom. The maximum absolute atomic E-state index is 12.5. The first-order valence-electron chi connectivity index (χ1n) is 9.38. The van der Waals surface area contributed by atoms with Crippen molar-refractivity contribution in [2.24, 2.45) is 11.3 Å². The fourth-order valence-electron chi connectivity index (χ4n) is 2.60. The molecular formula is C21H32O4. The lowest BCUT2D eigenvalue weighted by atomic mass is 9.71. The summed E-state index contributed by atoms with van der Waals surface area (Å²) in [6, 6.07) is 0. The SMILES string of the molecule is CCCCOC(=O)C(=CC1(C(C)C)C=CC=CC1)C(=O)OCCCC. The van der Waals surface area contributed by atoms with Crippen LogP contribution in [0.2, 0.25) is 0 Å². The maximum atomic E-state index is 12.5. The van der Waals surface area contributed by atoms with E-state index in [1.807, 2.05) is 26.0 Å². The number of carbonyl (C=O) groups excluding carboxylic acids is 2. The van der Waals surface area contributed by atoms with Gasteiger partial charge in [0, 0.05) is 5.41 Å². The van der Waals surface area contributed by atoms with E-state index in [2.05, 4.69) is 26.0 Å². The highest BCUT2D eigenvalue weighted by molar-refractivity contribution is 6.14. The van der Waals surface area contributed by atoms with Crippen molar-refractivity contribution >= 4 is 11.9 Å². The Balaban J connectivity index is 3.06. The van der Waals surface area contributed by atoms with Crippen LogP contribution in [-0.4, -0.2) is 25.2 Å². The van der Waals surface area contributed by atoms with E-state index >= 15 is 0 Å². The van der Waals surface area contributed by atoms with Crippen molar-refractivity contribution in [3.8, 4) is 0 Å². The fourth-order valence-corrected chi connectivity index (χ4v) is 2.60. The molecule has 25 heavy (non-hydrogen) atoms. The first kappa shape index (κ1) is 21.2. The van der Waals surface area contributed by atoms with Gasteiger partial charge < -0.3 is 9.47 Å². The van der Waals surface area contributed by atoms with Gasteiger partial charge in [-0.05, 0) is 25.2 Å². The van der Waals surface area contributed by atoms with E-state index in [0.717, 1.165) is 32.1 Å². The summed E-state index contributed by atoms with van der Waals surface area (Å²) in [5.41, 5.74) is -0.363. The molecular weight excluding hydrogens is 316 g/mol. The van der Waals surface area contributed by atoms with Gasteiger partial charge in [-0.15, -0.1) is 0 Å². The Labute approximate surface area is 152 Å². The van der Waals surface area contributed by atoms with Crippen molar-refractivity contribution in [1.29, 1.82) is 0 Å². The van der Waals surface area contributed by atoms with Crippen molar-refractivity contribution in [2.45, 2.75) is 59.8 Å². The van der Waals surface area contributed by atoms with Gasteiger partial charge in [0.05, 0.1) is 13.2 Å². The Hall–Kier alpha value is -1.84. The zero-order valence-corrected chi connectivity index (χ0v) is 16.0. The van der Waals surface area contributed by atoms with Crippen molar-refractivity contribution in [2.75, 3.05) is 13.2 Å². The lowest BCUT2D eigenvalue weighted by Gasteiger charge is -2.33. The zero-order chi connectivity index (χ0) is 18.7. The fraction of sp³-hybridized carbons (Fsp3) is 0.619. The molecule has 4 nitrogen and oxygen atoms in total. The summed E-state index contributed by atoms with van der Waals surface area (Å²) in [7, 11) is 0. The molecule has 4 heteroatoms. The zero-order valence-electron chi connectivity index (χ0n) is 16.0. The Morgan fingerprint density at radius 1 is 1.04 bits per heavy atom. The van der Waals surface area contributed by atoms with Crippen LogP contribution in [-0.2, 0) is 19.1 Å². The normalized spacial score (nSPS) is 18.9. The highest BCUT2D eigenvalue weighted by atomic mass is 16.6. The third-order valence-electron chi connectivity index (χ3n) is 4.52. The topological polar surface area (TPSA) is 52.6 Å². The van der Waals surface area contributed by atoms with Crippen LogP contribution in [0.4, 0.5) is 0 Å². The Kier molecular flexibility index (Phi) is 9.25. The quantitative estimate of drug-likeness (QED) is 0.188. The molecule has 0 aromatic rings. The molecule has 1 aliphatic rings. The molecule has 0 aromatic carbocycles. The van der Waals surface area contributed by atoms with Crippen LogP contribution in [0.25, 0.3) is 0 Å². The highest BCUT2D eigenvalue weighted by Gasteiger charge is 2.33. The molecule has 0 radical (unpaired) electrons. The first-order chi connectivity index (χ1) is 12.0. The van der Waals surface area contributed by atoms with Gasteiger partial charge in [-0.3, -0.25) is 0 Å².